The second-order valence-corrected chi connectivity index (χ2v) is 6.46. The fourth-order valence-corrected chi connectivity index (χ4v) is 3.49. The molecule has 0 aliphatic rings. The third kappa shape index (κ3) is 2.33. The van der Waals surface area contributed by atoms with Gasteiger partial charge >= 0.3 is 0 Å². The smallest absolute Gasteiger partial charge is 0.123 e. The molecular formula is C13H14N4S2. The maximum absolute atomic E-state index is 4.51. The second-order valence-electron chi connectivity index (χ2n) is 4.48. The van der Waals surface area contributed by atoms with E-state index in [9.17, 15) is 0 Å². The van der Waals surface area contributed by atoms with Crippen molar-refractivity contribution in [1.29, 1.82) is 0 Å². The van der Waals surface area contributed by atoms with Crippen molar-refractivity contribution in [1.82, 2.24) is 20.0 Å². The zero-order valence-corrected chi connectivity index (χ0v) is 12.6. The van der Waals surface area contributed by atoms with E-state index in [4.69, 9.17) is 0 Å². The number of thiophene rings is 1. The third-order valence-corrected chi connectivity index (χ3v) is 4.90. The molecule has 0 fully saturated rings. The zero-order valence-electron chi connectivity index (χ0n) is 11.0. The van der Waals surface area contributed by atoms with Gasteiger partial charge in [-0.1, -0.05) is 5.21 Å². The summed E-state index contributed by atoms with van der Waals surface area (Å²) >= 11 is 3.36. The maximum atomic E-state index is 4.51. The summed E-state index contributed by atoms with van der Waals surface area (Å²) in [4.78, 5) is 5.70. The van der Waals surface area contributed by atoms with Gasteiger partial charge in [0.1, 0.15) is 5.69 Å². The molecule has 1 unspecified atom stereocenters. The van der Waals surface area contributed by atoms with E-state index in [1.807, 2.05) is 17.8 Å². The van der Waals surface area contributed by atoms with E-state index in [1.165, 1.54) is 10.4 Å². The number of rotatable bonds is 3. The predicted molar refractivity (Wildman–Crippen MR) is 78.7 cm³/mol. The molecule has 0 bridgehead atoms. The average molecular weight is 290 g/mol. The number of hydrogen-bond donors (Lipinski definition) is 0. The van der Waals surface area contributed by atoms with Crippen molar-refractivity contribution >= 4 is 22.7 Å². The van der Waals surface area contributed by atoms with E-state index in [2.05, 4.69) is 46.0 Å². The maximum Gasteiger partial charge on any atom is 0.123 e. The van der Waals surface area contributed by atoms with Crippen molar-refractivity contribution in [3.05, 3.63) is 39.3 Å². The molecule has 0 amide bonds. The van der Waals surface area contributed by atoms with E-state index in [0.717, 1.165) is 16.4 Å². The van der Waals surface area contributed by atoms with Crippen LogP contribution in [0.2, 0.25) is 0 Å². The number of aryl methyl sites for hydroxylation is 2. The summed E-state index contributed by atoms with van der Waals surface area (Å²) in [6.07, 6.45) is 2.00. The van der Waals surface area contributed by atoms with Gasteiger partial charge in [0.15, 0.2) is 0 Å². The van der Waals surface area contributed by atoms with E-state index < -0.39 is 0 Å². The van der Waals surface area contributed by atoms with Crippen molar-refractivity contribution in [2.75, 3.05) is 0 Å². The molecule has 1 atom stereocenters. The first kappa shape index (κ1) is 12.5. The Hall–Kier alpha value is -1.53. The molecule has 0 aliphatic heterocycles. The van der Waals surface area contributed by atoms with Crippen molar-refractivity contribution in [2.24, 2.45) is 0 Å². The topological polar surface area (TPSA) is 43.6 Å². The minimum Gasteiger partial charge on any atom is -0.244 e. The Labute approximate surface area is 119 Å². The molecule has 0 saturated heterocycles. The molecule has 19 heavy (non-hydrogen) atoms. The first-order valence-electron chi connectivity index (χ1n) is 6.03. The Morgan fingerprint density at radius 2 is 2.11 bits per heavy atom. The molecule has 0 radical (unpaired) electrons. The molecule has 3 heterocycles. The highest BCUT2D eigenvalue weighted by atomic mass is 32.1. The first-order chi connectivity index (χ1) is 9.15. The monoisotopic (exact) mass is 290 g/mol. The van der Waals surface area contributed by atoms with Crippen molar-refractivity contribution in [3.8, 4) is 10.6 Å². The summed E-state index contributed by atoms with van der Waals surface area (Å²) in [5, 5.41) is 13.7. The molecule has 6 heteroatoms. The van der Waals surface area contributed by atoms with Crippen LogP contribution in [0.1, 0.15) is 29.2 Å². The SMILES string of the molecule is Cc1nc(C(C)n2cc(-c3sccc3C)nn2)cs1. The van der Waals surface area contributed by atoms with Crippen LogP contribution in [-0.4, -0.2) is 20.0 Å². The fourth-order valence-electron chi connectivity index (χ4n) is 1.91. The summed E-state index contributed by atoms with van der Waals surface area (Å²) < 4.78 is 1.88. The highest BCUT2D eigenvalue weighted by Gasteiger charge is 2.15. The molecule has 3 rings (SSSR count). The van der Waals surface area contributed by atoms with Gasteiger partial charge < -0.3 is 0 Å². The van der Waals surface area contributed by atoms with Gasteiger partial charge in [-0.3, -0.25) is 0 Å². The molecule has 0 aromatic carbocycles. The molecule has 0 spiro atoms. The van der Waals surface area contributed by atoms with E-state index >= 15 is 0 Å². The van der Waals surface area contributed by atoms with Crippen molar-refractivity contribution in [3.63, 3.8) is 0 Å². The molecule has 0 N–H and O–H groups in total. The fraction of sp³-hybridized carbons (Fsp3) is 0.308. The highest BCUT2D eigenvalue weighted by molar-refractivity contribution is 7.13. The van der Waals surface area contributed by atoms with Crippen LogP contribution >= 0.6 is 22.7 Å². The lowest BCUT2D eigenvalue weighted by Crippen LogP contribution is -2.07. The van der Waals surface area contributed by atoms with Crippen LogP contribution in [0.15, 0.2) is 23.0 Å². The van der Waals surface area contributed by atoms with Gasteiger partial charge in [0.2, 0.25) is 0 Å². The van der Waals surface area contributed by atoms with Gasteiger partial charge in [0.25, 0.3) is 0 Å². The molecule has 4 nitrogen and oxygen atoms in total. The number of hydrogen-bond acceptors (Lipinski definition) is 5. The molecule has 0 aliphatic carbocycles. The number of thiazole rings is 1. The van der Waals surface area contributed by atoms with Gasteiger partial charge in [-0.15, -0.1) is 27.8 Å². The van der Waals surface area contributed by atoms with Gasteiger partial charge in [0, 0.05) is 5.38 Å². The quantitative estimate of drug-likeness (QED) is 0.739. The Bertz CT molecular complexity index is 695. The van der Waals surface area contributed by atoms with E-state index in [-0.39, 0.29) is 6.04 Å². The zero-order chi connectivity index (χ0) is 13.4. The van der Waals surface area contributed by atoms with E-state index in [0.29, 0.717) is 0 Å². The molecule has 98 valence electrons. The highest BCUT2D eigenvalue weighted by Crippen LogP contribution is 2.28. The van der Waals surface area contributed by atoms with Gasteiger partial charge in [-0.25, -0.2) is 9.67 Å². The van der Waals surface area contributed by atoms with Crippen molar-refractivity contribution in [2.45, 2.75) is 26.8 Å². The minimum absolute atomic E-state index is 0.117. The van der Waals surface area contributed by atoms with Crippen LogP contribution < -0.4 is 0 Å². The summed E-state index contributed by atoms with van der Waals surface area (Å²) in [5.74, 6) is 0. The molecule has 3 aromatic rings. The third-order valence-electron chi connectivity index (χ3n) is 3.07. The Balaban J connectivity index is 1.91. The summed E-state index contributed by atoms with van der Waals surface area (Å²) in [6.45, 7) is 6.20. The van der Waals surface area contributed by atoms with E-state index in [1.54, 1.807) is 22.7 Å². The van der Waals surface area contributed by atoms with Crippen LogP contribution in [0.25, 0.3) is 10.6 Å². The van der Waals surface area contributed by atoms with Crippen LogP contribution in [-0.2, 0) is 0 Å². The Morgan fingerprint density at radius 3 is 2.74 bits per heavy atom. The lowest BCUT2D eigenvalue weighted by Gasteiger charge is -2.07. The van der Waals surface area contributed by atoms with Gasteiger partial charge in [0.05, 0.1) is 27.8 Å². The minimum atomic E-state index is 0.117. The first-order valence-corrected chi connectivity index (χ1v) is 7.79. The number of nitrogens with zero attached hydrogens (tertiary/aromatic N) is 4. The summed E-state index contributed by atoms with van der Waals surface area (Å²) in [7, 11) is 0. The predicted octanol–water partition coefficient (Wildman–Crippen LogP) is 3.69. The van der Waals surface area contributed by atoms with Crippen LogP contribution in [0.4, 0.5) is 0 Å². The van der Waals surface area contributed by atoms with Crippen LogP contribution in [0.5, 0.6) is 0 Å². The Morgan fingerprint density at radius 1 is 1.26 bits per heavy atom. The number of aromatic nitrogens is 4. The van der Waals surface area contributed by atoms with Crippen LogP contribution in [0, 0.1) is 13.8 Å². The van der Waals surface area contributed by atoms with Gasteiger partial charge in [-0.05, 0) is 37.8 Å². The summed E-state index contributed by atoms with van der Waals surface area (Å²) in [6, 6.07) is 2.22. The second kappa shape index (κ2) is 4.86. The summed E-state index contributed by atoms with van der Waals surface area (Å²) in [5.41, 5.74) is 3.22. The molecule has 0 saturated carbocycles. The largest absolute Gasteiger partial charge is 0.244 e. The molecule has 3 aromatic heterocycles. The lowest BCUT2D eigenvalue weighted by atomic mass is 10.2. The lowest BCUT2D eigenvalue weighted by molar-refractivity contribution is 0.533. The average Bonchev–Trinajstić information content (AvgIpc) is 3.08. The standard InChI is InChI=1S/C13H14N4S2/c1-8-4-5-18-13(8)11-6-17(16-15-11)9(2)12-7-19-10(3)14-12/h4-7,9H,1-3H3. The normalized spacial score (nSPS) is 12.8. The van der Waals surface area contributed by atoms with Crippen LogP contribution in [0.3, 0.4) is 0 Å². The Kier molecular flexibility index (Phi) is 3.20. The van der Waals surface area contributed by atoms with Gasteiger partial charge in [-0.2, -0.15) is 0 Å². The van der Waals surface area contributed by atoms with Crippen molar-refractivity contribution < 1.29 is 0 Å². The molecular weight excluding hydrogens is 276 g/mol.